The molecular weight excluding hydrogens is 528 g/mol. The number of hydrogen-bond acceptors (Lipinski definition) is 2. The van der Waals surface area contributed by atoms with E-state index in [-0.39, 0.29) is 12.1 Å². The average Bonchev–Trinajstić information content (AvgIpc) is 3.31. The Balaban J connectivity index is 1.69. The second-order valence-electron chi connectivity index (χ2n) is 8.57. The van der Waals surface area contributed by atoms with Crippen molar-refractivity contribution in [1.82, 2.24) is 14.9 Å². The number of benzene rings is 2. The van der Waals surface area contributed by atoms with Gasteiger partial charge in [0.25, 0.3) is 0 Å². The molecule has 4 aromatic rings. The van der Waals surface area contributed by atoms with Crippen molar-refractivity contribution in [3.8, 4) is 5.69 Å². The van der Waals surface area contributed by atoms with Crippen molar-refractivity contribution in [2.45, 2.75) is 32.9 Å². The third kappa shape index (κ3) is 4.04. The minimum Gasteiger partial charge on any atom is -0.351 e. The molecule has 1 N–H and O–H groups in total. The Bertz CT molecular complexity index is 1380. The van der Waals surface area contributed by atoms with Crippen molar-refractivity contribution in [2.24, 2.45) is 0 Å². The zero-order valence-electron chi connectivity index (χ0n) is 19.1. The molecule has 1 aliphatic rings. The molecule has 172 valence electrons. The zero-order valence-corrected chi connectivity index (χ0v) is 22.2. The van der Waals surface area contributed by atoms with Gasteiger partial charge in [0.2, 0.25) is 0 Å². The molecule has 0 radical (unpaired) electrons. The molecule has 2 aromatic heterocycles. The molecule has 0 amide bonds. The van der Waals surface area contributed by atoms with Crippen LogP contribution >= 0.6 is 39.7 Å². The fraction of sp³-hybridized carbons (Fsp3) is 0.185. The van der Waals surface area contributed by atoms with E-state index in [4.69, 9.17) is 23.8 Å². The smallest absolute Gasteiger partial charge is 0.174 e. The molecule has 34 heavy (non-hydrogen) atoms. The maximum Gasteiger partial charge on any atom is 0.174 e. The Labute approximate surface area is 218 Å². The molecule has 3 heterocycles. The summed E-state index contributed by atoms with van der Waals surface area (Å²) in [6.07, 6.45) is 1.83. The van der Waals surface area contributed by atoms with E-state index in [0.717, 1.165) is 38.5 Å². The number of hydrogen-bond donors (Lipinski definition) is 1. The van der Waals surface area contributed by atoms with Gasteiger partial charge in [-0.2, -0.15) is 0 Å². The summed E-state index contributed by atoms with van der Waals surface area (Å²) in [5.41, 5.74) is 7.69. The topological polar surface area (TPSA) is 33.1 Å². The van der Waals surface area contributed by atoms with Gasteiger partial charge in [-0.1, -0.05) is 39.7 Å². The number of pyridine rings is 1. The third-order valence-electron chi connectivity index (χ3n) is 6.37. The van der Waals surface area contributed by atoms with E-state index in [2.05, 4.69) is 92.9 Å². The Kier molecular flexibility index (Phi) is 6.23. The number of thiocarbonyl (C=S) groups is 1. The van der Waals surface area contributed by atoms with E-state index in [9.17, 15) is 0 Å². The summed E-state index contributed by atoms with van der Waals surface area (Å²) in [7, 11) is 0. The molecule has 0 saturated carbocycles. The van der Waals surface area contributed by atoms with E-state index in [1.165, 1.54) is 5.56 Å². The Morgan fingerprint density at radius 1 is 0.971 bits per heavy atom. The van der Waals surface area contributed by atoms with Crippen LogP contribution in [0.15, 0.2) is 77.4 Å². The van der Waals surface area contributed by atoms with Crippen LogP contribution in [0.3, 0.4) is 0 Å². The summed E-state index contributed by atoms with van der Waals surface area (Å²) >= 11 is 15.8. The molecular formula is C27H24BrClN4S. The lowest BCUT2D eigenvalue weighted by Gasteiger charge is -2.28. The van der Waals surface area contributed by atoms with Crippen LogP contribution in [-0.2, 0) is 0 Å². The molecule has 2 aromatic carbocycles. The van der Waals surface area contributed by atoms with Gasteiger partial charge in [0.05, 0.1) is 17.8 Å². The second kappa shape index (κ2) is 9.17. The van der Waals surface area contributed by atoms with E-state index in [1.807, 2.05) is 36.5 Å². The first-order valence-corrected chi connectivity index (χ1v) is 12.6. The third-order valence-corrected chi connectivity index (χ3v) is 7.81. The number of aryl methyl sites for hydroxylation is 2. The normalized spacial score (nSPS) is 17.8. The number of anilines is 1. The van der Waals surface area contributed by atoms with Gasteiger partial charge in [0.1, 0.15) is 0 Å². The number of aromatic nitrogens is 2. The van der Waals surface area contributed by atoms with Gasteiger partial charge >= 0.3 is 0 Å². The first-order valence-electron chi connectivity index (χ1n) is 11.1. The molecule has 0 bridgehead atoms. The van der Waals surface area contributed by atoms with Crippen LogP contribution in [0.4, 0.5) is 5.69 Å². The minimum atomic E-state index is -0.0917. The SMILES string of the molecule is Cc1cc(N2C(=S)N[C@H](c3ccccn3)[C@@H]2c2cc(C)n(-c3cccc(Cl)c3)c2C)ccc1Br. The standard InChI is InChI=1S/C27H24BrClN4S/c1-16-13-21(10-11-23(16)28)33-26(25(31-27(33)34)24-9-4-5-12-30-24)22-14-17(2)32(18(22)3)20-8-6-7-19(29)15-20/h4-15,25-26H,1-3H3,(H,31,34)/t25-,26+/m1/s1. The maximum atomic E-state index is 6.33. The minimum absolute atomic E-state index is 0.0675. The maximum absolute atomic E-state index is 6.33. The van der Waals surface area contributed by atoms with E-state index < -0.39 is 0 Å². The first-order chi connectivity index (χ1) is 16.3. The van der Waals surface area contributed by atoms with Gasteiger partial charge < -0.3 is 14.8 Å². The molecule has 1 fully saturated rings. The Morgan fingerprint density at radius 3 is 2.50 bits per heavy atom. The average molecular weight is 552 g/mol. The lowest BCUT2D eigenvalue weighted by molar-refractivity contribution is 0.565. The highest BCUT2D eigenvalue weighted by Gasteiger charge is 2.42. The number of nitrogens with one attached hydrogen (secondary N) is 1. The highest BCUT2D eigenvalue weighted by molar-refractivity contribution is 9.10. The van der Waals surface area contributed by atoms with Crippen LogP contribution in [0, 0.1) is 20.8 Å². The highest BCUT2D eigenvalue weighted by atomic mass is 79.9. The van der Waals surface area contributed by atoms with Crippen molar-refractivity contribution < 1.29 is 0 Å². The number of halogens is 2. The largest absolute Gasteiger partial charge is 0.351 e. The van der Waals surface area contributed by atoms with Crippen molar-refractivity contribution in [3.63, 3.8) is 0 Å². The molecule has 0 unspecified atom stereocenters. The fourth-order valence-corrected chi connectivity index (χ4v) is 5.60. The Hall–Kier alpha value is -2.67. The summed E-state index contributed by atoms with van der Waals surface area (Å²) in [5, 5.41) is 4.97. The fourth-order valence-electron chi connectivity index (χ4n) is 4.83. The monoisotopic (exact) mass is 550 g/mol. The van der Waals surface area contributed by atoms with Crippen LogP contribution in [0.2, 0.25) is 5.02 Å². The van der Waals surface area contributed by atoms with Crippen molar-refractivity contribution in [3.05, 3.63) is 111 Å². The van der Waals surface area contributed by atoms with Crippen LogP contribution < -0.4 is 10.2 Å². The van der Waals surface area contributed by atoms with Gasteiger partial charge in [-0.25, -0.2) is 0 Å². The zero-order chi connectivity index (χ0) is 24.0. The van der Waals surface area contributed by atoms with E-state index in [0.29, 0.717) is 10.1 Å². The Morgan fingerprint density at radius 2 is 1.79 bits per heavy atom. The lowest BCUT2D eigenvalue weighted by atomic mass is 9.96. The molecule has 4 nitrogen and oxygen atoms in total. The quantitative estimate of drug-likeness (QED) is 0.268. The molecule has 2 atom stereocenters. The molecule has 1 aliphatic heterocycles. The first kappa shape index (κ1) is 23.1. The van der Waals surface area contributed by atoms with Crippen molar-refractivity contribution >= 4 is 50.5 Å². The van der Waals surface area contributed by atoms with Gasteiger partial charge in [0, 0.05) is 38.5 Å². The lowest BCUT2D eigenvalue weighted by Crippen LogP contribution is -2.29. The molecule has 5 rings (SSSR count). The summed E-state index contributed by atoms with van der Waals surface area (Å²) in [4.78, 5) is 6.90. The molecule has 0 spiro atoms. The van der Waals surface area contributed by atoms with Crippen molar-refractivity contribution in [2.75, 3.05) is 4.90 Å². The van der Waals surface area contributed by atoms with Gasteiger partial charge in [-0.3, -0.25) is 4.98 Å². The summed E-state index contributed by atoms with van der Waals surface area (Å²) < 4.78 is 3.33. The van der Waals surface area contributed by atoms with Gasteiger partial charge in [-0.15, -0.1) is 0 Å². The van der Waals surface area contributed by atoms with Crippen LogP contribution in [0.25, 0.3) is 5.69 Å². The summed E-state index contributed by atoms with van der Waals surface area (Å²) in [5.74, 6) is 0. The van der Waals surface area contributed by atoms with Crippen molar-refractivity contribution in [1.29, 1.82) is 0 Å². The molecule has 0 aliphatic carbocycles. The van der Waals surface area contributed by atoms with Gasteiger partial charge in [0.15, 0.2) is 5.11 Å². The number of rotatable bonds is 4. The van der Waals surface area contributed by atoms with E-state index in [1.54, 1.807) is 0 Å². The van der Waals surface area contributed by atoms with Crippen LogP contribution in [0.5, 0.6) is 0 Å². The van der Waals surface area contributed by atoms with Crippen LogP contribution in [0.1, 0.15) is 40.3 Å². The molecule has 1 saturated heterocycles. The highest BCUT2D eigenvalue weighted by Crippen LogP contribution is 2.44. The van der Waals surface area contributed by atoms with Crippen LogP contribution in [-0.4, -0.2) is 14.7 Å². The van der Waals surface area contributed by atoms with E-state index >= 15 is 0 Å². The molecule has 7 heteroatoms. The summed E-state index contributed by atoms with van der Waals surface area (Å²) in [6, 6.07) is 22.4. The predicted molar refractivity (Wildman–Crippen MR) is 147 cm³/mol. The number of nitrogens with zero attached hydrogens (tertiary/aromatic N) is 3. The second-order valence-corrected chi connectivity index (χ2v) is 10.2. The predicted octanol–water partition coefficient (Wildman–Crippen LogP) is 7.39. The summed E-state index contributed by atoms with van der Waals surface area (Å²) in [6.45, 7) is 6.38. The van der Waals surface area contributed by atoms with Gasteiger partial charge in [-0.05, 0) is 98.7 Å².